The smallest absolute Gasteiger partial charge is 0.387 e. The van der Waals surface area contributed by atoms with Gasteiger partial charge in [0, 0.05) is 16.8 Å². The van der Waals surface area contributed by atoms with Gasteiger partial charge >= 0.3 is 6.61 Å². The van der Waals surface area contributed by atoms with Crippen molar-refractivity contribution in [3.05, 3.63) is 52.0 Å². The van der Waals surface area contributed by atoms with Crippen LogP contribution in [0.2, 0.25) is 0 Å². The summed E-state index contributed by atoms with van der Waals surface area (Å²) in [5.74, 6) is 0.419. The second kappa shape index (κ2) is 7.52. The van der Waals surface area contributed by atoms with Gasteiger partial charge in [-0.05, 0) is 32.0 Å². The van der Waals surface area contributed by atoms with Crippen molar-refractivity contribution in [3.63, 3.8) is 0 Å². The first-order valence-electron chi connectivity index (χ1n) is 7.87. The number of hydrogen-bond donors (Lipinski definition) is 0. The van der Waals surface area contributed by atoms with Crippen molar-refractivity contribution in [2.45, 2.75) is 27.0 Å². The number of rotatable bonds is 6. The van der Waals surface area contributed by atoms with Crippen LogP contribution >= 0.6 is 0 Å². The van der Waals surface area contributed by atoms with E-state index in [2.05, 4.69) is 19.9 Å². The highest BCUT2D eigenvalue weighted by atomic mass is 19.3. The van der Waals surface area contributed by atoms with E-state index in [0.29, 0.717) is 16.8 Å². The minimum Gasteiger partial charge on any atom is -0.493 e. The van der Waals surface area contributed by atoms with Gasteiger partial charge in [-0.3, -0.25) is 9.36 Å². The number of ether oxygens (including phenoxy) is 2. The molecule has 2 aromatic heterocycles. The van der Waals surface area contributed by atoms with Gasteiger partial charge < -0.3 is 14.0 Å². The Labute approximate surface area is 152 Å². The zero-order valence-electron chi connectivity index (χ0n) is 14.8. The van der Waals surface area contributed by atoms with E-state index < -0.39 is 6.61 Å². The van der Waals surface area contributed by atoms with Gasteiger partial charge in [0.25, 0.3) is 5.56 Å². The van der Waals surface area contributed by atoms with Crippen LogP contribution in [0.3, 0.4) is 0 Å². The summed E-state index contributed by atoms with van der Waals surface area (Å²) in [6.45, 7) is 0.534. The monoisotopic (exact) mass is 378 g/mol. The second-order valence-corrected chi connectivity index (χ2v) is 5.64. The lowest BCUT2D eigenvalue weighted by molar-refractivity contribution is -0.0512. The Hall–Kier alpha value is -3.30. The third kappa shape index (κ3) is 3.94. The predicted octanol–water partition coefficient (Wildman–Crippen LogP) is 2.57. The maximum absolute atomic E-state index is 12.4. The molecule has 2 heterocycles. The van der Waals surface area contributed by atoms with Crippen molar-refractivity contribution < 1.29 is 22.8 Å². The van der Waals surface area contributed by atoms with Crippen LogP contribution in [0.1, 0.15) is 17.1 Å². The molecule has 0 fully saturated rings. The molecule has 0 amide bonds. The lowest BCUT2D eigenvalue weighted by atomic mass is 10.2. The van der Waals surface area contributed by atoms with Crippen LogP contribution in [0.25, 0.3) is 11.4 Å². The molecule has 0 atom stereocenters. The Balaban J connectivity index is 1.86. The standard InChI is InChI=1S/C17H16F2N4O4/c1-9-10(2)20-8-23(16(9)24)7-14-21-15(22-27-14)11-4-5-12(26-17(18)19)13(6-11)25-3/h4-6,8,17H,7H2,1-3H3. The Kier molecular flexibility index (Phi) is 5.15. The van der Waals surface area contributed by atoms with Crippen molar-refractivity contribution in [3.8, 4) is 22.9 Å². The van der Waals surface area contributed by atoms with Crippen molar-refractivity contribution in [2.75, 3.05) is 7.11 Å². The molecule has 142 valence electrons. The Morgan fingerprint density at radius 3 is 2.74 bits per heavy atom. The van der Waals surface area contributed by atoms with E-state index in [1.807, 2.05) is 0 Å². The normalized spacial score (nSPS) is 11.0. The van der Waals surface area contributed by atoms with Crippen molar-refractivity contribution in [1.82, 2.24) is 19.7 Å². The van der Waals surface area contributed by atoms with E-state index in [1.165, 1.54) is 36.2 Å². The summed E-state index contributed by atoms with van der Waals surface area (Å²) < 4.78 is 40.8. The zero-order valence-corrected chi connectivity index (χ0v) is 14.8. The van der Waals surface area contributed by atoms with Crippen LogP contribution in [0.5, 0.6) is 11.5 Å². The number of aromatic nitrogens is 4. The third-order valence-electron chi connectivity index (χ3n) is 3.93. The lowest BCUT2D eigenvalue weighted by Crippen LogP contribution is -2.24. The van der Waals surface area contributed by atoms with E-state index in [0.717, 1.165) is 0 Å². The number of alkyl halides is 2. The van der Waals surface area contributed by atoms with E-state index in [-0.39, 0.29) is 35.3 Å². The van der Waals surface area contributed by atoms with Gasteiger partial charge in [-0.2, -0.15) is 13.8 Å². The molecule has 0 unspecified atom stereocenters. The minimum atomic E-state index is -2.97. The largest absolute Gasteiger partial charge is 0.493 e. The fraction of sp³-hybridized carbons (Fsp3) is 0.294. The fourth-order valence-electron chi connectivity index (χ4n) is 2.37. The van der Waals surface area contributed by atoms with Crippen LogP contribution < -0.4 is 15.0 Å². The van der Waals surface area contributed by atoms with Crippen molar-refractivity contribution in [1.29, 1.82) is 0 Å². The molecule has 0 aliphatic carbocycles. The van der Waals surface area contributed by atoms with Gasteiger partial charge in [-0.15, -0.1) is 0 Å². The highest BCUT2D eigenvalue weighted by Crippen LogP contribution is 2.32. The Morgan fingerprint density at radius 2 is 2.04 bits per heavy atom. The van der Waals surface area contributed by atoms with E-state index in [4.69, 9.17) is 9.26 Å². The number of hydrogen-bond acceptors (Lipinski definition) is 7. The van der Waals surface area contributed by atoms with E-state index >= 15 is 0 Å². The number of halogens is 2. The first-order chi connectivity index (χ1) is 12.9. The van der Waals surface area contributed by atoms with Gasteiger partial charge in [-0.1, -0.05) is 5.16 Å². The molecule has 0 saturated carbocycles. The van der Waals surface area contributed by atoms with E-state index in [1.54, 1.807) is 13.8 Å². The molecule has 8 nitrogen and oxygen atoms in total. The molecule has 0 N–H and O–H groups in total. The highest BCUT2D eigenvalue weighted by molar-refractivity contribution is 5.60. The van der Waals surface area contributed by atoms with Crippen LogP contribution in [0, 0.1) is 13.8 Å². The SMILES string of the molecule is COc1cc(-c2noc(Cn3cnc(C)c(C)c3=O)n2)ccc1OC(F)F. The summed E-state index contributed by atoms with van der Waals surface area (Å²) in [7, 11) is 1.33. The number of benzene rings is 1. The molecule has 0 radical (unpaired) electrons. The van der Waals surface area contributed by atoms with E-state index in [9.17, 15) is 13.6 Å². The number of methoxy groups -OCH3 is 1. The van der Waals surface area contributed by atoms with Crippen LogP contribution in [0.4, 0.5) is 8.78 Å². The highest BCUT2D eigenvalue weighted by Gasteiger charge is 2.15. The van der Waals surface area contributed by atoms with Crippen molar-refractivity contribution >= 4 is 0 Å². The topological polar surface area (TPSA) is 92.3 Å². The molecule has 0 saturated heterocycles. The molecule has 0 aliphatic rings. The fourth-order valence-corrected chi connectivity index (χ4v) is 2.37. The molecule has 3 rings (SSSR count). The molecule has 0 bridgehead atoms. The van der Waals surface area contributed by atoms with Gasteiger partial charge in [-0.25, -0.2) is 4.98 Å². The molecule has 27 heavy (non-hydrogen) atoms. The second-order valence-electron chi connectivity index (χ2n) is 5.64. The van der Waals surface area contributed by atoms with Gasteiger partial charge in [0.05, 0.1) is 13.4 Å². The number of aryl methyl sites for hydroxylation is 1. The van der Waals surface area contributed by atoms with Gasteiger partial charge in [0.15, 0.2) is 11.5 Å². The summed E-state index contributed by atoms with van der Waals surface area (Å²) in [4.78, 5) is 20.6. The molecule has 10 heteroatoms. The molecular formula is C17H16F2N4O4. The predicted molar refractivity (Wildman–Crippen MR) is 90.0 cm³/mol. The van der Waals surface area contributed by atoms with Crippen LogP contribution in [-0.4, -0.2) is 33.4 Å². The molecule has 3 aromatic rings. The van der Waals surface area contributed by atoms with Gasteiger partial charge in [0.2, 0.25) is 11.7 Å². The van der Waals surface area contributed by atoms with Gasteiger partial charge in [0.1, 0.15) is 6.54 Å². The maximum Gasteiger partial charge on any atom is 0.387 e. The summed E-state index contributed by atoms with van der Waals surface area (Å²) in [6.07, 6.45) is 1.41. The summed E-state index contributed by atoms with van der Waals surface area (Å²) >= 11 is 0. The first-order valence-corrected chi connectivity index (χ1v) is 7.87. The zero-order chi connectivity index (χ0) is 19.6. The summed E-state index contributed by atoms with van der Waals surface area (Å²) in [6, 6.07) is 4.28. The molecule has 0 spiro atoms. The maximum atomic E-state index is 12.4. The molecule has 1 aromatic carbocycles. The first kappa shape index (κ1) is 18.5. The molecular weight excluding hydrogens is 362 g/mol. The molecule has 0 aliphatic heterocycles. The summed E-state index contributed by atoms with van der Waals surface area (Å²) in [5.41, 5.74) is 1.48. The summed E-state index contributed by atoms with van der Waals surface area (Å²) in [5, 5.41) is 3.85. The minimum absolute atomic E-state index is 0.0592. The van der Waals surface area contributed by atoms with Crippen LogP contribution in [0.15, 0.2) is 33.8 Å². The lowest BCUT2D eigenvalue weighted by Gasteiger charge is -2.10. The third-order valence-corrected chi connectivity index (χ3v) is 3.93. The van der Waals surface area contributed by atoms with Crippen molar-refractivity contribution in [2.24, 2.45) is 0 Å². The van der Waals surface area contributed by atoms with Crippen LogP contribution in [-0.2, 0) is 6.54 Å². The Bertz CT molecular complexity index is 1020. The average molecular weight is 378 g/mol. The Morgan fingerprint density at radius 1 is 1.26 bits per heavy atom. The number of nitrogens with zero attached hydrogens (tertiary/aromatic N) is 4. The average Bonchev–Trinajstić information content (AvgIpc) is 3.10. The quantitative estimate of drug-likeness (QED) is 0.651.